The van der Waals surface area contributed by atoms with Gasteiger partial charge in [0.25, 0.3) is 0 Å². The topological polar surface area (TPSA) is 24.1 Å². The van der Waals surface area contributed by atoms with Gasteiger partial charge in [-0.15, -0.1) is 0 Å². The molecule has 0 saturated carbocycles. The summed E-state index contributed by atoms with van der Waals surface area (Å²) in [7, 11) is 0. The van der Waals surface area contributed by atoms with Crippen LogP contribution < -0.4 is 10.6 Å². The van der Waals surface area contributed by atoms with Crippen molar-refractivity contribution < 1.29 is 0 Å². The average molecular weight is 196 g/mol. The Bertz CT molecular complexity index is 128. The SMILES string of the molecule is C1CC(CCC2CCNCC2)CCN1. The van der Waals surface area contributed by atoms with Gasteiger partial charge in [0.05, 0.1) is 0 Å². The van der Waals surface area contributed by atoms with Crippen LogP contribution in [0.5, 0.6) is 0 Å². The third kappa shape index (κ3) is 3.25. The molecule has 2 nitrogen and oxygen atoms in total. The minimum atomic E-state index is 1.03. The van der Waals surface area contributed by atoms with Gasteiger partial charge in [-0.3, -0.25) is 0 Å². The van der Waals surface area contributed by atoms with Crippen LogP contribution in [-0.2, 0) is 0 Å². The van der Waals surface area contributed by atoms with E-state index in [-0.39, 0.29) is 0 Å². The van der Waals surface area contributed by atoms with Gasteiger partial charge in [-0.25, -0.2) is 0 Å². The molecule has 82 valence electrons. The molecule has 0 atom stereocenters. The van der Waals surface area contributed by atoms with Crippen LogP contribution in [0.1, 0.15) is 38.5 Å². The summed E-state index contributed by atoms with van der Waals surface area (Å²) in [6.45, 7) is 5.04. The quantitative estimate of drug-likeness (QED) is 0.719. The third-order valence-electron chi connectivity index (χ3n) is 3.90. The van der Waals surface area contributed by atoms with E-state index in [0.717, 1.165) is 11.8 Å². The largest absolute Gasteiger partial charge is 0.317 e. The zero-order valence-corrected chi connectivity index (χ0v) is 9.23. The number of piperidine rings is 2. The Hall–Kier alpha value is -0.0800. The van der Waals surface area contributed by atoms with E-state index < -0.39 is 0 Å². The van der Waals surface area contributed by atoms with E-state index in [4.69, 9.17) is 0 Å². The van der Waals surface area contributed by atoms with Crippen LogP contribution in [0.2, 0.25) is 0 Å². The van der Waals surface area contributed by atoms with Crippen LogP contribution in [0.3, 0.4) is 0 Å². The Balaban J connectivity index is 1.60. The molecule has 0 aliphatic carbocycles. The van der Waals surface area contributed by atoms with Crippen LogP contribution in [0.15, 0.2) is 0 Å². The predicted molar refractivity (Wildman–Crippen MR) is 60.4 cm³/mol. The second-order valence-corrected chi connectivity index (χ2v) is 4.96. The molecule has 0 aromatic carbocycles. The number of hydrogen-bond donors (Lipinski definition) is 2. The minimum absolute atomic E-state index is 1.03. The Kier molecular flexibility index (Phi) is 4.26. The van der Waals surface area contributed by atoms with Gasteiger partial charge in [0.15, 0.2) is 0 Å². The van der Waals surface area contributed by atoms with Gasteiger partial charge in [0.1, 0.15) is 0 Å². The van der Waals surface area contributed by atoms with E-state index in [0.29, 0.717) is 0 Å². The van der Waals surface area contributed by atoms with Gasteiger partial charge in [0.2, 0.25) is 0 Å². The molecule has 0 amide bonds. The molecular weight excluding hydrogens is 172 g/mol. The van der Waals surface area contributed by atoms with Crippen molar-refractivity contribution in [1.82, 2.24) is 10.6 Å². The average Bonchev–Trinajstić information content (AvgIpc) is 2.29. The van der Waals surface area contributed by atoms with Crippen LogP contribution in [0.4, 0.5) is 0 Å². The summed E-state index contributed by atoms with van der Waals surface area (Å²) in [5.74, 6) is 2.07. The Morgan fingerprint density at radius 3 is 1.36 bits per heavy atom. The maximum absolute atomic E-state index is 3.44. The molecule has 0 bridgehead atoms. The van der Waals surface area contributed by atoms with Crippen LogP contribution in [-0.4, -0.2) is 26.2 Å². The van der Waals surface area contributed by atoms with E-state index >= 15 is 0 Å². The van der Waals surface area contributed by atoms with Crippen molar-refractivity contribution in [3.05, 3.63) is 0 Å². The predicted octanol–water partition coefficient (Wildman–Crippen LogP) is 1.77. The van der Waals surface area contributed by atoms with E-state index in [1.54, 1.807) is 0 Å². The van der Waals surface area contributed by atoms with Crippen molar-refractivity contribution in [1.29, 1.82) is 0 Å². The van der Waals surface area contributed by atoms with Crippen molar-refractivity contribution in [2.24, 2.45) is 11.8 Å². The molecule has 0 aromatic heterocycles. The highest BCUT2D eigenvalue weighted by Crippen LogP contribution is 2.24. The molecule has 2 rings (SSSR count). The first-order chi connectivity index (χ1) is 6.95. The zero-order chi connectivity index (χ0) is 9.64. The number of nitrogens with one attached hydrogen (secondary N) is 2. The van der Waals surface area contributed by atoms with Crippen molar-refractivity contribution in [3.8, 4) is 0 Å². The first-order valence-electron chi connectivity index (χ1n) is 6.36. The highest BCUT2D eigenvalue weighted by atomic mass is 14.9. The van der Waals surface area contributed by atoms with Gasteiger partial charge in [0, 0.05) is 0 Å². The lowest BCUT2D eigenvalue weighted by atomic mass is 9.86. The maximum Gasteiger partial charge on any atom is -0.00463 e. The molecule has 0 spiro atoms. The molecule has 0 unspecified atom stereocenters. The number of rotatable bonds is 3. The van der Waals surface area contributed by atoms with Crippen molar-refractivity contribution in [3.63, 3.8) is 0 Å². The summed E-state index contributed by atoms with van der Waals surface area (Å²) in [5.41, 5.74) is 0. The highest BCUT2D eigenvalue weighted by Gasteiger charge is 2.17. The summed E-state index contributed by atoms with van der Waals surface area (Å²) < 4.78 is 0. The molecule has 2 saturated heterocycles. The normalized spacial score (nSPS) is 26.6. The van der Waals surface area contributed by atoms with E-state index in [2.05, 4.69) is 10.6 Å². The molecule has 2 heteroatoms. The Labute approximate surface area is 87.8 Å². The molecule has 0 aromatic rings. The second-order valence-electron chi connectivity index (χ2n) is 4.96. The van der Waals surface area contributed by atoms with E-state index in [1.165, 1.54) is 64.7 Å². The van der Waals surface area contributed by atoms with Crippen LogP contribution in [0.25, 0.3) is 0 Å². The molecule has 2 heterocycles. The Morgan fingerprint density at radius 1 is 0.643 bits per heavy atom. The smallest absolute Gasteiger partial charge is 0.00463 e. The lowest BCUT2D eigenvalue weighted by Crippen LogP contribution is -2.30. The number of hydrogen-bond acceptors (Lipinski definition) is 2. The van der Waals surface area contributed by atoms with Crippen LogP contribution in [0, 0.1) is 11.8 Å². The lowest BCUT2D eigenvalue weighted by Gasteiger charge is -2.27. The van der Waals surface area contributed by atoms with Crippen molar-refractivity contribution >= 4 is 0 Å². The van der Waals surface area contributed by atoms with Gasteiger partial charge >= 0.3 is 0 Å². The summed E-state index contributed by atoms with van der Waals surface area (Å²) in [6.07, 6.45) is 8.67. The molecule has 2 fully saturated rings. The monoisotopic (exact) mass is 196 g/mol. The fraction of sp³-hybridized carbons (Fsp3) is 1.00. The summed E-state index contributed by atoms with van der Waals surface area (Å²) in [6, 6.07) is 0. The fourth-order valence-corrected chi connectivity index (χ4v) is 2.81. The van der Waals surface area contributed by atoms with Gasteiger partial charge in [-0.1, -0.05) is 12.8 Å². The first kappa shape index (κ1) is 10.4. The van der Waals surface area contributed by atoms with Crippen LogP contribution >= 0.6 is 0 Å². The molecule has 2 aliphatic heterocycles. The second kappa shape index (κ2) is 5.72. The first-order valence-corrected chi connectivity index (χ1v) is 6.36. The van der Waals surface area contributed by atoms with Crippen molar-refractivity contribution in [2.75, 3.05) is 26.2 Å². The summed E-state index contributed by atoms with van der Waals surface area (Å²) >= 11 is 0. The zero-order valence-electron chi connectivity index (χ0n) is 9.23. The van der Waals surface area contributed by atoms with Gasteiger partial charge in [-0.2, -0.15) is 0 Å². The summed E-state index contributed by atoms with van der Waals surface area (Å²) in [5, 5.41) is 6.89. The standard InChI is InChI=1S/C12H24N2/c1(11-3-7-13-8-4-11)2-12-5-9-14-10-6-12/h11-14H,1-10H2. The Morgan fingerprint density at radius 2 is 1.00 bits per heavy atom. The van der Waals surface area contributed by atoms with Gasteiger partial charge in [-0.05, 0) is 63.7 Å². The third-order valence-corrected chi connectivity index (χ3v) is 3.90. The molecule has 2 N–H and O–H groups in total. The van der Waals surface area contributed by atoms with Crippen molar-refractivity contribution in [2.45, 2.75) is 38.5 Å². The highest BCUT2D eigenvalue weighted by molar-refractivity contribution is 4.73. The molecule has 0 radical (unpaired) electrons. The summed E-state index contributed by atoms with van der Waals surface area (Å²) in [4.78, 5) is 0. The van der Waals surface area contributed by atoms with Gasteiger partial charge < -0.3 is 10.6 Å². The fourth-order valence-electron chi connectivity index (χ4n) is 2.81. The van der Waals surface area contributed by atoms with E-state index in [1.807, 2.05) is 0 Å². The minimum Gasteiger partial charge on any atom is -0.317 e. The maximum atomic E-state index is 3.44. The molecular formula is C12H24N2. The molecule has 14 heavy (non-hydrogen) atoms. The molecule has 2 aliphatic rings. The van der Waals surface area contributed by atoms with E-state index in [9.17, 15) is 0 Å². The lowest BCUT2D eigenvalue weighted by molar-refractivity contribution is 0.286.